The number of carbonyl (C=O) groups excluding carboxylic acids is 1. The summed E-state index contributed by atoms with van der Waals surface area (Å²) in [5.74, 6) is -0.693. The molecule has 0 fully saturated rings. The Kier molecular flexibility index (Phi) is 7.34. The van der Waals surface area contributed by atoms with Crippen molar-refractivity contribution in [3.05, 3.63) is 107 Å². The molecule has 2 N–H and O–H groups in total. The Labute approximate surface area is 201 Å². The minimum Gasteiger partial charge on any atom is -0.464 e. The number of aromatic nitrogens is 2. The molecule has 1 heterocycles. The van der Waals surface area contributed by atoms with Crippen molar-refractivity contribution in [2.75, 3.05) is 17.7 Å². The van der Waals surface area contributed by atoms with E-state index in [-0.39, 0.29) is 16.5 Å². The molecule has 6 nitrogen and oxygen atoms in total. The van der Waals surface area contributed by atoms with Crippen LogP contribution in [-0.4, -0.2) is 23.0 Å². The number of esters is 1. The minimum atomic E-state index is -0.642. The predicted octanol–water partition coefficient (Wildman–Crippen LogP) is 5.95. The van der Waals surface area contributed by atoms with Crippen LogP contribution >= 0.6 is 11.6 Å². The van der Waals surface area contributed by atoms with Crippen molar-refractivity contribution in [1.82, 2.24) is 9.97 Å². The Morgan fingerprint density at radius 3 is 2.12 bits per heavy atom. The molecule has 0 saturated heterocycles. The fourth-order valence-corrected chi connectivity index (χ4v) is 3.45. The normalized spacial score (nSPS) is 10.6. The number of nitrogens with one attached hydrogen (secondary N) is 2. The predicted molar refractivity (Wildman–Crippen MR) is 131 cm³/mol. The first-order valence-corrected chi connectivity index (χ1v) is 10.9. The number of hydrogen-bond donors (Lipinski definition) is 2. The lowest BCUT2D eigenvalue weighted by Crippen LogP contribution is -2.16. The molecular weight excluding hydrogens is 455 g/mol. The number of anilines is 2. The van der Waals surface area contributed by atoms with Crippen LogP contribution in [0.1, 0.15) is 21.6 Å². The summed E-state index contributed by atoms with van der Waals surface area (Å²) in [5.41, 5.74) is 2.84. The first-order chi connectivity index (χ1) is 16.5. The summed E-state index contributed by atoms with van der Waals surface area (Å²) in [6.45, 7) is 0.885. The number of ether oxygens (including phenoxy) is 1. The number of halogens is 2. The van der Waals surface area contributed by atoms with Gasteiger partial charge in [0.2, 0.25) is 0 Å². The largest absolute Gasteiger partial charge is 0.464 e. The van der Waals surface area contributed by atoms with Crippen LogP contribution in [0.15, 0.2) is 78.9 Å². The van der Waals surface area contributed by atoms with Crippen LogP contribution in [0.4, 0.5) is 15.9 Å². The zero-order chi connectivity index (χ0) is 23.9. The summed E-state index contributed by atoms with van der Waals surface area (Å²) >= 11 is 5.83. The monoisotopic (exact) mass is 476 g/mol. The van der Waals surface area contributed by atoms with Crippen molar-refractivity contribution in [3.63, 3.8) is 0 Å². The maximum atomic E-state index is 14.1. The Bertz CT molecular complexity index is 1290. The van der Waals surface area contributed by atoms with E-state index in [1.165, 1.54) is 19.2 Å². The average molecular weight is 477 g/mol. The Balaban J connectivity index is 1.78. The molecule has 0 atom stereocenters. The molecule has 0 radical (unpaired) electrons. The Hall–Kier alpha value is -3.97. The summed E-state index contributed by atoms with van der Waals surface area (Å²) < 4.78 is 19.1. The second kappa shape index (κ2) is 10.8. The zero-order valence-corrected chi connectivity index (χ0v) is 19.1. The molecule has 4 rings (SSSR count). The van der Waals surface area contributed by atoms with E-state index in [0.717, 1.165) is 11.1 Å². The molecule has 0 unspecified atom stereocenters. The highest BCUT2D eigenvalue weighted by Gasteiger charge is 2.22. The van der Waals surface area contributed by atoms with E-state index < -0.39 is 11.8 Å². The quantitative estimate of drug-likeness (QED) is 0.306. The van der Waals surface area contributed by atoms with Gasteiger partial charge in [-0.3, -0.25) is 0 Å². The van der Waals surface area contributed by atoms with Crippen LogP contribution < -0.4 is 10.6 Å². The molecule has 0 spiro atoms. The Morgan fingerprint density at radius 2 is 1.53 bits per heavy atom. The molecule has 0 saturated carbocycles. The van der Waals surface area contributed by atoms with Gasteiger partial charge in [0.1, 0.15) is 11.5 Å². The number of rotatable bonds is 8. The molecule has 34 heavy (non-hydrogen) atoms. The third kappa shape index (κ3) is 5.50. The number of methoxy groups -OCH3 is 1. The molecule has 172 valence electrons. The summed E-state index contributed by atoms with van der Waals surface area (Å²) in [7, 11) is 1.28. The summed E-state index contributed by atoms with van der Waals surface area (Å²) in [4.78, 5) is 21.7. The van der Waals surface area contributed by atoms with E-state index in [9.17, 15) is 9.18 Å². The van der Waals surface area contributed by atoms with Gasteiger partial charge >= 0.3 is 5.97 Å². The van der Waals surface area contributed by atoms with Crippen molar-refractivity contribution >= 4 is 29.1 Å². The first-order valence-electron chi connectivity index (χ1n) is 10.6. The van der Waals surface area contributed by atoms with E-state index >= 15 is 0 Å². The van der Waals surface area contributed by atoms with Gasteiger partial charge in [-0.05, 0) is 29.3 Å². The number of hydrogen-bond acceptors (Lipinski definition) is 6. The van der Waals surface area contributed by atoms with Gasteiger partial charge in [-0.1, -0.05) is 72.3 Å². The number of carbonyl (C=O) groups is 1. The summed E-state index contributed by atoms with van der Waals surface area (Å²) in [6, 6.07) is 23.7. The second-order valence-corrected chi connectivity index (χ2v) is 7.83. The highest BCUT2D eigenvalue weighted by Crippen LogP contribution is 2.30. The topological polar surface area (TPSA) is 76.1 Å². The van der Waals surface area contributed by atoms with Gasteiger partial charge in [-0.25, -0.2) is 19.2 Å². The molecule has 3 aromatic carbocycles. The van der Waals surface area contributed by atoms with Gasteiger partial charge in [0.15, 0.2) is 17.3 Å². The molecule has 8 heteroatoms. The molecular formula is C26H22ClFN4O2. The molecule has 0 aliphatic rings. The molecule has 0 aliphatic carbocycles. The third-order valence-corrected chi connectivity index (χ3v) is 5.39. The highest BCUT2D eigenvalue weighted by atomic mass is 35.5. The maximum absolute atomic E-state index is 14.1. The van der Waals surface area contributed by atoms with E-state index in [1.54, 1.807) is 6.07 Å². The van der Waals surface area contributed by atoms with Gasteiger partial charge in [-0.15, -0.1) is 0 Å². The standard InChI is InChI=1S/C26H22ClFN4O2/c1-34-26(33)23-22(29-15-17-8-4-2-5-9-17)25(30-16-18-10-6-3-7-11-18)32-24(31-23)19-12-13-20(27)21(28)14-19/h2-14,29H,15-16H2,1H3,(H,30,31,32). The zero-order valence-electron chi connectivity index (χ0n) is 18.4. The van der Waals surface area contributed by atoms with Gasteiger partial charge in [-0.2, -0.15) is 0 Å². The van der Waals surface area contributed by atoms with Crippen molar-refractivity contribution in [1.29, 1.82) is 0 Å². The van der Waals surface area contributed by atoms with Crippen LogP contribution in [0.5, 0.6) is 0 Å². The molecule has 1 aromatic heterocycles. The number of benzene rings is 3. The van der Waals surface area contributed by atoms with Gasteiger partial charge in [0.25, 0.3) is 0 Å². The fraction of sp³-hybridized carbons (Fsp3) is 0.115. The highest BCUT2D eigenvalue weighted by molar-refractivity contribution is 6.30. The molecule has 0 amide bonds. The SMILES string of the molecule is COC(=O)c1nc(-c2ccc(Cl)c(F)c2)nc(NCc2ccccc2)c1NCc1ccccc1. The van der Waals surface area contributed by atoms with E-state index in [2.05, 4.69) is 20.6 Å². The van der Waals surface area contributed by atoms with Crippen LogP contribution in [0, 0.1) is 5.82 Å². The van der Waals surface area contributed by atoms with Gasteiger partial charge < -0.3 is 15.4 Å². The molecule has 0 aliphatic heterocycles. The lowest BCUT2D eigenvalue weighted by molar-refractivity contribution is 0.0595. The summed E-state index contributed by atoms with van der Waals surface area (Å²) in [5, 5.41) is 6.53. The Morgan fingerprint density at radius 1 is 0.912 bits per heavy atom. The van der Waals surface area contributed by atoms with Crippen LogP contribution in [0.3, 0.4) is 0 Å². The third-order valence-electron chi connectivity index (χ3n) is 5.08. The van der Waals surface area contributed by atoms with Crippen LogP contribution in [-0.2, 0) is 17.8 Å². The maximum Gasteiger partial charge on any atom is 0.359 e. The number of nitrogens with zero attached hydrogens (tertiary/aromatic N) is 2. The molecule has 4 aromatic rings. The smallest absolute Gasteiger partial charge is 0.359 e. The van der Waals surface area contributed by atoms with Crippen molar-refractivity contribution in [2.24, 2.45) is 0 Å². The van der Waals surface area contributed by atoms with E-state index in [0.29, 0.717) is 30.2 Å². The first kappa shape index (κ1) is 23.2. The minimum absolute atomic E-state index is 0.0134. The van der Waals surface area contributed by atoms with Crippen LogP contribution in [0.25, 0.3) is 11.4 Å². The lowest BCUT2D eigenvalue weighted by atomic mass is 10.1. The van der Waals surface area contributed by atoms with E-state index in [4.69, 9.17) is 16.3 Å². The van der Waals surface area contributed by atoms with Crippen LogP contribution in [0.2, 0.25) is 5.02 Å². The van der Waals surface area contributed by atoms with Gasteiger partial charge in [0.05, 0.1) is 12.1 Å². The second-order valence-electron chi connectivity index (χ2n) is 7.42. The van der Waals surface area contributed by atoms with Crippen molar-refractivity contribution < 1.29 is 13.9 Å². The average Bonchev–Trinajstić information content (AvgIpc) is 2.88. The summed E-state index contributed by atoms with van der Waals surface area (Å²) in [6.07, 6.45) is 0. The van der Waals surface area contributed by atoms with Crippen molar-refractivity contribution in [3.8, 4) is 11.4 Å². The van der Waals surface area contributed by atoms with Crippen molar-refractivity contribution in [2.45, 2.75) is 13.1 Å². The van der Waals surface area contributed by atoms with Gasteiger partial charge in [0, 0.05) is 18.7 Å². The van der Waals surface area contributed by atoms with E-state index in [1.807, 2.05) is 60.7 Å². The fourth-order valence-electron chi connectivity index (χ4n) is 3.33. The lowest BCUT2D eigenvalue weighted by Gasteiger charge is -2.17. The molecule has 0 bridgehead atoms.